The number of benzene rings is 1. The van der Waals surface area contributed by atoms with Crippen LogP contribution in [0.3, 0.4) is 0 Å². The quantitative estimate of drug-likeness (QED) is 0.532. The largest absolute Gasteiger partial charge is 0.378 e. The fourth-order valence-electron chi connectivity index (χ4n) is 3.54. The van der Waals surface area contributed by atoms with Crippen molar-refractivity contribution in [1.29, 1.82) is 0 Å². The van der Waals surface area contributed by atoms with E-state index >= 15 is 0 Å². The second-order valence-electron chi connectivity index (χ2n) is 7.72. The standard InChI is InChI=1S/C22H22N6O3/c1-13-6-7-28-18(10-23-19(28)8-13)21(29)24-17-9-15(5-4-14(17)2)20-25-22(31-26-20)27-11-16(12-27)30-3/h4-10,16H,11-12H2,1-3H3,(H,24,29). The van der Waals surface area contributed by atoms with Crippen LogP contribution in [0, 0.1) is 13.8 Å². The molecule has 3 aromatic heterocycles. The minimum atomic E-state index is -0.239. The summed E-state index contributed by atoms with van der Waals surface area (Å²) in [6.45, 7) is 5.38. The average molecular weight is 418 g/mol. The van der Waals surface area contributed by atoms with Crippen LogP contribution in [0.25, 0.3) is 17.0 Å². The molecule has 1 amide bonds. The average Bonchev–Trinajstić information content (AvgIpc) is 3.36. The Labute approximate surface area is 178 Å². The summed E-state index contributed by atoms with van der Waals surface area (Å²) in [5.41, 5.74) is 4.65. The van der Waals surface area contributed by atoms with Crippen LogP contribution in [-0.4, -0.2) is 51.7 Å². The van der Waals surface area contributed by atoms with Crippen LogP contribution in [0.4, 0.5) is 11.7 Å². The maximum Gasteiger partial charge on any atom is 0.324 e. The molecular weight excluding hydrogens is 396 g/mol. The van der Waals surface area contributed by atoms with Gasteiger partial charge >= 0.3 is 6.01 Å². The molecular formula is C22H22N6O3. The number of hydrogen-bond donors (Lipinski definition) is 1. The van der Waals surface area contributed by atoms with E-state index in [2.05, 4.69) is 20.4 Å². The lowest BCUT2D eigenvalue weighted by atomic mass is 10.1. The molecule has 1 N–H and O–H groups in total. The first-order valence-corrected chi connectivity index (χ1v) is 9.99. The molecule has 1 aliphatic rings. The van der Waals surface area contributed by atoms with E-state index in [-0.39, 0.29) is 12.0 Å². The molecule has 1 saturated heterocycles. The number of aryl methyl sites for hydroxylation is 2. The van der Waals surface area contributed by atoms with Crippen LogP contribution in [0.2, 0.25) is 0 Å². The van der Waals surface area contributed by atoms with E-state index in [1.54, 1.807) is 17.7 Å². The van der Waals surface area contributed by atoms with Crippen molar-refractivity contribution in [2.75, 3.05) is 30.4 Å². The zero-order valence-electron chi connectivity index (χ0n) is 17.5. The Morgan fingerprint density at radius 3 is 2.87 bits per heavy atom. The second-order valence-corrected chi connectivity index (χ2v) is 7.72. The van der Waals surface area contributed by atoms with Crippen LogP contribution in [0.15, 0.2) is 47.2 Å². The van der Waals surface area contributed by atoms with Gasteiger partial charge in [-0.25, -0.2) is 4.98 Å². The number of fused-ring (bicyclic) bond motifs is 1. The first-order valence-electron chi connectivity index (χ1n) is 9.99. The summed E-state index contributed by atoms with van der Waals surface area (Å²) in [6.07, 6.45) is 3.62. The van der Waals surface area contributed by atoms with Gasteiger partial charge in [0, 0.05) is 24.6 Å². The Kier molecular flexibility index (Phi) is 4.67. The topological polar surface area (TPSA) is 97.8 Å². The predicted molar refractivity (Wildman–Crippen MR) is 115 cm³/mol. The highest BCUT2D eigenvalue weighted by Crippen LogP contribution is 2.27. The molecule has 0 aliphatic carbocycles. The highest BCUT2D eigenvalue weighted by Gasteiger charge is 2.30. The third-order valence-corrected chi connectivity index (χ3v) is 5.51. The zero-order valence-corrected chi connectivity index (χ0v) is 17.5. The first-order chi connectivity index (χ1) is 15.0. The van der Waals surface area contributed by atoms with Crippen LogP contribution >= 0.6 is 0 Å². The van der Waals surface area contributed by atoms with Gasteiger partial charge in [-0.15, -0.1) is 0 Å². The summed E-state index contributed by atoms with van der Waals surface area (Å²) in [6, 6.07) is 10.0. The third kappa shape index (κ3) is 3.53. The molecule has 4 heterocycles. The molecule has 31 heavy (non-hydrogen) atoms. The number of anilines is 2. The highest BCUT2D eigenvalue weighted by atomic mass is 16.5. The molecule has 158 valence electrons. The van der Waals surface area contributed by atoms with E-state index in [9.17, 15) is 4.79 Å². The Bertz CT molecular complexity index is 1270. The third-order valence-electron chi connectivity index (χ3n) is 5.51. The summed E-state index contributed by atoms with van der Waals surface area (Å²) in [4.78, 5) is 23.7. The number of rotatable bonds is 5. The molecule has 0 atom stereocenters. The smallest absolute Gasteiger partial charge is 0.324 e. The predicted octanol–water partition coefficient (Wildman–Crippen LogP) is 3.09. The number of nitrogens with zero attached hydrogens (tertiary/aromatic N) is 5. The molecule has 9 nitrogen and oxygen atoms in total. The minimum absolute atomic E-state index is 0.195. The number of pyridine rings is 1. The van der Waals surface area contributed by atoms with E-state index in [0.717, 1.165) is 35.4 Å². The summed E-state index contributed by atoms with van der Waals surface area (Å²) in [5, 5.41) is 7.08. The fraction of sp³-hybridized carbons (Fsp3) is 0.273. The van der Waals surface area contributed by atoms with Crippen molar-refractivity contribution in [2.45, 2.75) is 20.0 Å². The number of carbonyl (C=O) groups is 1. The van der Waals surface area contributed by atoms with E-state index in [0.29, 0.717) is 23.2 Å². The van der Waals surface area contributed by atoms with Crippen molar-refractivity contribution in [1.82, 2.24) is 19.5 Å². The SMILES string of the molecule is COC1CN(c2nc(-c3ccc(C)c(NC(=O)c4cnc5cc(C)ccn45)c3)no2)C1. The Morgan fingerprint density at radius 1 is 1.23 bits per heavy atom. The van der Waals surface area contributed by atoms with Crippen LogP contribution in [-0.2, 0) is 4.74 Å². The first kappa shape index (κ1) is 19.3. The van der Waals surface area contributed by atoms with Gasteiger partial charge in [-0.1, -0.05) is 17.3 Å². The molecule has 1 aromatic carbocycles. The maximum absolute atomic E-state index is 12.9. The molecule has 0 saturated carbocycles. The van der Waals surface area contributed by atoms with Crippen molar-refractivity contribution in [3.05, 3.63) is 59.5 Å². The second kappa shape index (κ2) is 7.51. The molecule has 0 unspecified atom stereocenters. The van der Waals surface area contributed by atoms with Gasteiger partial charge < -0.3 is 19.5 Å². The Balaban J connectivity index is 1.37. The number of nitrogens with one attached hydrogen (secondary N) is 1. The molecule has 1 aliphatic heterocycles. The van der Waals surface area contributed by atoms with Gasteiger partial charge in [0.1, 0.15) is 11.3 Å². The molecule has 0 bridgehead atoms. The lowest BCUT2D eigenvalue weighted by molar-refractivity contribution is 0.0750. The monoisotopic (exact) mass is 418 g/mol. The lowest BCUT2D eigenvalue weighted by Gasteiger charge is -2.36. The molecule has 0 spiro atoms. The van der Waals surface area contributed by atoms with E-state index in [1.165, 1.54) is 0 Å². The fourth-order valence-corrected chi connectivity index (χ4v) is 3.54. The van der Waals surface area contributed by atoms with Crippen LogP contribution < -0.4 is 10.2 Å². The molecule has 0 radical (unpaired) electrons. The maximum atomic E-state index is 12.9. The van der Waals surface area contributed by atoms with Crippen molar-refractivity contribution < 1.29 is 14.1 Å². The van der Waals surface area contributed by atoms with E-state index < -0.39 is 0 Å². The highest BCUT2D eigenvalue weighted by molar-refractivity contribution is 6.04. The van der Waals surface area contributed by atoms with Crippen LogP contribution in [0.5, 0.6) is 0 Å². The van der Waals surface area contributed by atoms with Crippen molar-refractivity contribution in [3.8, 4) is 11.4 Å². The Hall–Kier alpha value is -3.72. The number of aromatic nitrogens is 4. The Morgan fingerprint density at radius 2 is 2.06 bits per heavy atom. The van der Waals surface area contributed by atoms with Gasteiger partial charge in [0.15, 0.2) is 0 Å². The normalized spacial score (nSPS) is 14.1. The van der Waals surface area contributed by atoms with Crippen LogP contribution in [0.1, 0.15) is 21.6 Å². The van der Waals surface area contributed by atoms with Gasteiger partial charge in [-0.3, -0.25) is 9.20 Å². The van der Waals surface area contributed by atoms with Gasteiger partial charge in [0.25, 0.3) is 5.91 Å². The molecule has 1 fully saturated rings. The van der Waals surface area contributed by atoms with Gasteiger partial charge in [-0.2, -0.15) is 4.98 Å². The van der Waals surface area contributed by atoms with E-state index in [1.807, 2.05) is 55.3 Å². The van der Waals surface area contributed by atoms with Crippen molar-refractivity contribution in [2.24, 2.45) is 0 Å². The van der Waals surface area contributed by atoms with Crippen molar-refractivity contribution in [3.63, 3.8) is 0 Å². The summed E-state index contributed by atoms with van der Waals surface area (Å²) in [5.74, 6) is 0.230. The summed E-state index contributed by atoms with van der Waals surface area (Å²) >= 11 is 0. The number of carbonyl (C=O) groups excluding carboxylic acids is 1. The molecule has 9 heteroatoms. The zero-order chi connectivity index (χ0) is 21.5. The van der Waals surface area contributed by atoms with E-state index in [4.69, 9.17) is 9.26 Å². The number of amides is 1. The molecule has 4 aromatic rings. The summed E-state index contributed by atoms with van der Waals surface area (Å²) < 4.78 is 12.4. The number of ether oxygens (including phenoxy) is 1. The van der Waals surface area contributed by atoms with Gasteiger partial charge in [0.05, 0.1) is 25.4 Å². The minimum Gasteiger partial charge on any atom is -0.378 e. The van der Waals surface area contributed by atoms with Crippen molar-refractivity contribution >= 4 is 23.3 Å². The van der Waals surface area contributed by atoms with Gasteiger partial charge in [-0.05, 0) is 43.2 Å². The lowest BCUT2D eigenvalue weighted by Crippen LogP contribution is -2.52. The van der Waals surface area contributed by atoms with Gasteiger partial charge in [0.2, 0.25) is 5.82 Å². The number of hydrogen-bond acceptors (Lipinski definition) is 7. The summed E-state index contributed by atoms with van der Waals surface area (Å²) in [7, 11) is 1.69. The number of imidazole rings is 1. The molecule has 5 rings (SSSR count). The number of methoxy groups -OCH3 is 1.